The van der Waals surface area contributed by atoms with Crippen molar-refractivity contribution in [2.75, 3.05) is 14.1 Å². The fraction of sp³-hybridized carbons (Fsp3) is 0.333. The molecular weight excluding hydrogens is 273 g/mol. The van der Waals surface area contributed by atoms with Crippen LogP contribution in [-0.4, -0.2) is 40.0 Å². The molecule has 2 rings (SSSR count). The second-order valence-electron chi connectivity index (χ2n) is 4.60. The van der Waals surface area contributed by atoms with Crippen molar-refractivity contribution in [3.8, 4) is 0 Å². The van der Waals surface area contributed by atoms with Crippen molar-refractivity contribution >= 4 is 19.4 Å². The molecule has 0 N–H and O–H groups in total. The summed E-state index contributed by atoms with van der Waals surface area (Å²) in [5, 5.41) is 0. The Bertz CT molecular complexity index is 420. The molecule has 0 aromatic heterocycles. The molecule has 2 heteroatoms. The Labute approximate surface area is 110 Å². The van der Waals surface area contributed by atoms with E-state index in [0.29, 0.717) is 26.9 Å². The van der Waals surface area contributed by atoms with Gasteiger partial charge in [-0.3, -0.25) is 0 Å². The average Bonchev–Trinajstić information content (AvgIpc) is 2.77. The number of rotatable bonds is 4. The molecule has 0 spiro atoms. The van der Waals surface area contributed by atoms with Crippen LogP contribution in [0, 0.1) is 5.92 Å². The van der Waals surface area contributed by atoms with Crippen molar-refractivity contribution in [1.29, 1.82) is 0 Å². The van der Waals surface area contributed by atoms with Crippen LogP contribution < -0.4 is 4.46 Å². The van der Waals surface area contributed by atoms with Gasteiger partial charge in [-0.15, -0.1) is 0 Å². The summed E-state index contributed by atoms with van der Waals surface area (Å²) in [6.45, 7) is 2.30. The first-order chi connectivity index (χ1) is 8.18. The van der Waals surface area contributed by atoms with Gasteiger partial charge in [0.2, 0.25) is 0 Å². The third-order valence-electron chi connectivity index (χ3n) is 3.22. The van der Waals surface area contributed by atoms with Gasteiger partial charge in [-0.25, -0.2) is 0 Å². The third kappa shape index (κ3) is 3.10. The zero-order chi connectivity index (χ0) is 12.3. The van der Waals surface area contributed by atoms with Gasteiger partial charge in [0, 0.05) is 0 Å². The van der Waals surface area contributed by atoms with Gasteiger partial charge in [-0.2, -0.15) is 0 Å². The molecule has 0 fully saturated rings. The second-order valence-corrected chi connectivity index (χ2v) is 7.01. The van der Waals surface area contributed by atoms with Crippen LogP contribution in [-0.2, 0) is 0 Å². The Hall–Kier alpha value is -0.821. The van der Waals surface area contributed by atoms with Gasteiger partial charge in [0.25, 0.3) is 0 Å². The quantitative estimate of drug-likeness (QED) is 0.768. The number of hydrogen-bond acceptors (Lipinski definition) is 1. The van der Waals surface area contributed by atoms with Gasteiger partial charge < -0.3 is 0 Å². The minimum absolute atomic E-state index is 0.458. The van der Waals surface area contributed by atoms with Gasteiger partial charge in [0.05, 0.1) is 0 Å². The third-order valence-corrected chi connectivity index (χ3v) is 5.64. The molecule has 0 radical (unpaired) electrons. The molecule has 1 aliphatic rings. The monoisotopic (exact) mass is 293 g/mol. The summed E-state index contributed by atoms with van der Waals surface area (Å²) in [5.74, 6) is 0.588. The molecule has 0 heterocycles. The van der Waals surface area contributed by atoms with E-state index in [1.807, 2.05) is 0 Å². The van der Waals surface area contributed by atoms with Gasteiger partial charge in [-0.05, 0) is 0 Å². The van der Waals surface area contributed by atoms with Gasteiger partial charge >= 0.3 is 110 Å². The van der Waals surface area contributed by atoms with Crippen LogP contribution >= 0.6 is 0 Å². The standard InChI is InChI=1S/C15H19NSe/c1-12(16(2)3)14-10-7-11-15(14)17-13-8-5-4-6-9-13/h4-12,14H,1-3H3. The Morgan fingerprint density at radius 2 is 1.88 bits per heavy atom. The Morgan fingerprint density at radius 3 is 2.53 bits per heavy atom. The van der Waals surface area contributed by atoms with E-state index >= 15 is 0 Å². The van der Waals surface area contributed by atoms with Crippen LogP contribution in [0.4, 0.5) is 0 Å². The molecule has 0 bridgehead atoms. The van der Waals surface area contributed by atoms with Crippen molar-refractivity contribution in [2.24, 2.45) is 5.92 Å². The van der Waals surface area contributed by atoms with Crippen LogP contribution in [0.2, 0.25) is 0 Å². The summed E-state index contributed by atoms with van der Waals surface area (Å²) in [6, 6.07) is 11.4. The van der Waals surface area contributed by atoms with E-state index < -0.39 is 0 Å². The first-order valence-corrected chi connectivity index (χ1v) is 7.67. The van der Waals surface area contributed by atoms with Crippen LogP contribution in [0.25, 0.3) is 0 Å². The molecule has 1 aromatic rings. The molecule has 2 unspecified atom stereocenters. The maximum absolute atomic E-state index is 2.34. The van der Waals surface area contributed by atoms with Gasteiger partial charge in [0.15, 0.2) is 0 Å². The molecule has 0 aliphatic heterocycles. The first kappa shape index (κ1) is 12.6. The van der Waals surface area contributed by atoms with E-state index in [9.17, 15) is 0 Å². The average molecular weight is 292 g/mol. The molecule has 0 saturated heterocycles. The van der Waals surface area contributed by atoms with Crippen molar-refractivity contribution < 1.29 is 0 Å². The van der Waals surface area contributed by atoms with Crippen molar-refractivity contribution in [2.45, 2.75) is 13.0 Å². The van der Waals surface area contributed by atoms with Crippen LogP contribution in [0.15, 0.2) is 53.0 Å². The van der Waals surface area contributed by atoms with E-state index in [-0.39, 0.29) is 0 Å². The Kier molecular flexibility index (Phi) is 4.22. The molecule has 0 amide bonds. The summed E-state index contributed by atoms with van der Waals surface area (Å²) < 4.78 is 3.05. The number of benzene rings is 1. The summed E-state index contributed by atoms with van der Waals surface area (Å²) in [4.78, 5) is 2.30. The minimum atomic E-state index is 0.458. The molecule has 1 aliphatic carbocycles. The van der Waals surface area contributed by atoms with Crippen LogP contribution in [0.1, 0.15) is 6.92 Å². The van der Waals surface area contributed by atoms with Crippen molar-refractivity contribution in [3.05, 3.63) is 53.0 Å². The number of hydrogen-bond donors (Lipinski definition) is 0. The zero-order valence-electron chi connectivity index (χ0n) is 10.6. The van der Waals surface area contributed by atoms with Crippen molar-refractivity contribution in [1.82, 2.24) is 4.90 Å². The molecule has 1 nitrogen and oxygen atoms in total. The van der Waals surface area contributed by atoms with Crippen LogP contribution in [0.3, 0.4) is 0 Å². The van der Waals surface area contributed by atoms with Gasteiger partial charge in [0.1, 0.15) is 0 Å². The summed E-state index contributed by atoms with van der Waals surface area (Å²) >= 11 is 0.458. The predicted octanol–water partition coefficient (Wildman–Crippen LogP) is 2.04. The molecule has 90 valence electrons. The summed E-state index contributed by atoms with van der Waals surface area (Å²) in [5.41, 5.74) is 0. The normalized spacial score (nSPS) is 20.7. The fourth-order valence-corrected chi connectivity index (χ4v) is 4.28. The predicted molar refractivity (Wildman–Crippen MR) is 75.7 cm³/mol. The molecule has 2 atom stereocenters. The molecule has 0 saturated carbocycles. The number of allylic oxidation sites excluding steroid dienone is 2. The Morgan fingerprint density at radius 1 is 1.18 bits per heavy atom. The Balaban J connectivity index is 2.07. The van der Waals surface area contributed by atoms with Crippen molar-refractivity contribution in [3.63, 3.8) is 0 Å². The summed E-state index contributed by atoms with van der Waals surface area (Å²) in [6.07, 6.45) is 6.85. The van der Waals surface area contributed by atoms with E-state index in [2.05, 4.69) is 74.5 Å². The van der Waals surface area contributed by atoms with E-state index in [0.717, 1.165) is 0 Å². The first-order valence-electron chi connectivity index (χ1n) is 5.96. The fourth-order valence-electron chi connectivity index (χ4n) is 1.92. The zero-order valence-corrected chi connectivity index (χ0v) is 12.3. The molecule has 17 heavy (non-hydrogen) atoms. The topological polar surface area (TPSA) is 3.24 Å². The second kappa shape index (κ2) is 5.68. The number of nitrogens with zero attached hydrogens (tertiary/aromatic N) is 1. The molecular formula is C15H19NSe. The van der Waals surface area contributed by atoms with E-state index in [1.165, 1.54) is 4.46 Å². The van der Waals surface area contributed by atoms with Gasteiger partial charge in [-0.1, -0.05) is 0 Å². The maximum atomic E-state index is 2.34. The SMILES string of the molecule is CC(C1C=CC=C1[Se]c1ccccc1)N(C)C. The summed E-state index contributed by atoms with van der Waals surface area (Å²) in [7, 11) is 4.31. The van der Waals surface area contributed by atoms with Crippen LogP contribution in [0.5, 0.6) is 0 Å². The van der Waals surface area contributed by atoms with E-state index in [4.69, 9.17) is 0 Å². The van der Waals surface area contributed by atoms with E-state index in [1.54, 1.807) is 4.47 Å². The molecule has 1 aromatic carbocycles.